The Bertz CT molecular complexity index is 388. The third-order valence-electron chi connectivity index (χ3n) is 2.69. The van der Waals surface area contributed by atoms with Crippen molar-refractivity contribution >= 4 is 17.4 Å². The Morgan fingerprint density at radius 3 is 2.65 bits per heavy atom. The summed E-state index contributed by atoms with van der Waals surface area (Å²) in [6.45, 7) is 7.56. The summed E-state index contributed by atoms with van der Waals surface area (Å²) in [5.74, 6) is 0.753. The number of anilines is 2. The number of aryl methyl sites for hydroxylation is 1. The molecule has 5 heteroatoms. The predicted octanol–water partition coefficient (Wildman–Crippen LogP) is 1.25. The quantitative estimate of drug-likeness (QED) is 0.807. The minimum absolute atomic E-state index is 0.0753. The molecule has 0 unspecified atom stereocenters. The Morgan fingerprint density at radius 1 is 1.47 bits per heavy atom. The molecule has 1 amide bonds. The van der Waals surface area contributed by atoms with E-state index < -0.39 is 0 Å². The Hall–Kier alpha value is -1.78. The molecule has 1 rings (SSSR count). The number of hydrogen-bond acceptors (Lipinski definition) is 4. The molecule has 0 atom stereocenters. The molecule has 0 aliphatic heterocycles. The largest absolute Gasteiger partial charge is 0.397 e. The summed E-state index contributed by atoms with van der Waals surface area (Å²) in [7, 11) is 0. The Morgan fingerprint density at radius 2 is 2.12 bits per heavy atom. The SMILES string of the molecule is CCN(CC)C(=O)CNc1cc(C)c(N)cn1. The molecule has 3 N–H and O–H groups in total. The van der Waals surface area contributed by atoms with Crippen molar-refractivity contribution in [3.05, 3.63) is 17.8 Å². The second kappa shape index (κ2) is 6.08. The molecule has 0 aliphatic carbocycles. The maximum Gasteiger partial charge on any atom is 0.241 e. The van der Waals surface area contributed by atoms with Gasteiger partial charge in [0.25, 0.3) is 0 Å². The number of nitrogens with two attached hydrogens (primary N) is 1. The molecule has 0 aromatic carbocycles. The van der Waals surface area contributed by atoms with Crippen LogP contribution in [0.4, 0.5) is 11.5 Å². The molecule has 1 heterocycles. The topological polar surface area (TPSA) is 71.2 Å². The average molecular weight is 236 g/mol. The van der Waals surface area contributed by atoms with Gasteiger partial charge in [-0.15, -0.1) is 0 Å². The molecule has 94 valence electrons. The van der Waals surface area contributed by atoms with Crippen molar-refractivity contribution in [1.82, 2.24) is 9.88 Å². The smallest absolute Gasteiger partial charge is 0.241 e. The predicted molar refractivity (Wildman–Crippen MR) is 69.8 cm³/mol. The summed E-state index contributed by atoms with van der Waals surface area (Å²) >= 11 is 0. The van der Waals surface area contributed by atoms with Crippen molar-refractivity contribution < 1.29 is 4.79 Å². The number of rotatable bonds is 5. The third-order valence-corrected chi connectivity index (χ3v) is 2.69. The van der Waals surface area contributed by atoms with Crippen LogP contribution >= 0.6 is 0 Å². The first-order valence-electron chi connectivity index (χ1n) is 5.82. The highest BCUT2D eigenvalue weighted by Crippen LogP contribution is 2.12. The van der Waals surface area contributed by atoms with Crippen molar-refractivity contribution in [1.29, 1.82) is 0 Å². The zero-order chi connectivity index (χ0) is 12.8. The lowest BCUT2D eigenvalue weighted by atomic mass is 10.2. The van der Waals surface area contributed by atoms with E-state index in [2.05, 4.69) is 10.3 Å². The van der Waals surface area contributed by atoms with Gasteiger partial charge in [-0.1, -0.05) is 0 Å². The summed E-state index contributed by atoms with van der Waals surface area (Å²) in [6.07, 6.45) is 1.60. The van der Waals surface area contributed by atoms with Gasteiger partial charge >= 0.3 is 0 Å². The van der Waals surface area contributed by atoms with Crippen LogP contribution in [0.2, 0.25) is 0 Å². The molecule has 0 spiro atoms. The summed E-state index contributed by atoms with van der Waals surface area (Å²) in [5, 5.41) is 3.00. The van der Waals surface area contributed by atoms with Crippen LogP contribution in [0.15, 0.2) is 12.3 Å². The number of nitrogens with zero attached hydrogens (tertiary/aromatic N) is 2. The molecule has 0 saturated heterocycles. The minimum atomic E-state index is 0.0753. The molecule has 0 fully saturated rings. The lowest BCUT2D eigenvalue weighted by molar-refractivity contribution is -0.128. The zero-order valence-corrected chi connectivity index (χ0v) is 10.7. The van der Waals surface area contributed by atoms with Gasteiger partial charge < -0.3 is 16.0 Å². The molecule has 0 bridgehead atoms. The van der Waals surface area contributed by atoms with Gasteiger partial charge in [0.15, 0.2) is 0 Å². The van der Waals surface area contributed by atoms with E-state index in [1.807, 2.05) is 26.8 Å². The number of nitrogens with one attached hydrogen (secondary N) is 1. The number of pyridine rings is 1. The van der Waals surface area contributed by atoms with Gasteiger partial charge in [0.2, 0.25) is 5.91 Å². The van der Waals surface area contributed by atoms with Gasteiger partial charge in [0.1, 0.15) is 5.82 Å². The molecule has 5 nitrogen and oxygen atoms in total. The maximum absolute atomic E-state index is 11.7. The highest BCUT2D eigenvalue weighted by molar-refractivity contribution is 5.80. The Kier molecular flexibility index (Phi) is 4.75. The van der Waals surface area contributed by atoms with Crippen LogP contribution in [0.1, 0.15) is 19.4 Å². The van der Waals surface area contributed by atoms with E-state index in [-0.39, 0.29) is 12.5 Å². The van der Waals surface area contributed by atoms with Crippen LogP contribution in [-0.2, 0) is 4.79 Å². The first kappa shape index (κ1) is 13.3. The van der Waals surface area contributed by atoms with Crippen LogP contribution in [0.5, 0.6) is 0 Å². The van der Waals surface area contributed by atoms with Crippen molar-refractivity contribution in [3.63, 3.8) is 0 Å². The number of carbonyl (C=O) groups is 1. The fourth-order valence-electron chi connectivity index (χ4n) is 1.52. The number of likely N-dealkylation sites (N-methyl/N-ethyl adjacent to an activating group) is 1. The van der Waals surface area contributed by atoms with E-state index in [1.54, 1.807) is 11.1 Å². The van der Waals surface area contributed by atoms with Crippen molar-refractivity contribution in [2.24, 2.45) is 0 Å². The normalized spacial score (nSPS) is 10.1. The zero-order valence-electron chi connectivity index (χ0n) is 10.7. The van der Waals surface area contributed by atoms with Gasteiger partial charge in [0, 0.05) is 13.1 Å². The van der Waals surface area contributed by atoms with E-state index >= 15 is 0 Å². The number of aromatic nitrogens is 1. The van der Waals surface area contributed by atoms with Gasteiger partial charge in [-0.05, 0) is 32.4 Å². The summed E-state index contributed by atoms with van der Waals surface area (Å²) in [4.78, 5) is 17.6. The van der Waals surface area contributed by atoms with E-state index in [0.717, 1.165) is 18.7 Å². The average Bonchev–Trinajstić information content (AvgIpc) is 2.32. The van der Waals surface area contributed by atoms with Crippen LogP contribution in [0, 0.1) is 6.92 Å². The van der Waals surface area contributed by atoms with Crippen LogP contribution < -0.4 is 11.1 Å². The Balaban J connectivity index is 2.55. The van der Waals surface area contributed by atoms with Gasteiger partial charge in [0.05, 0.1) is 18.4 Å². The maximum atomic E-state index is 11.7. The first-order valence-corrected chi connectivity index (χ1v) is 5.82. The lowest BCUT2D eigenvalue weighted by Crippen LogP contribution is -2.35. The van der Waals surface area contributed by atoms with Gasteiger partial charge in [-0.3, -0.25) is 4.79 Å². The number of amides is 1. The second-order valence-electron chi connectivity index (χ2n) is 3.85. The summed E-state index contributed by atoms with van der Waals surface area (Å²) < 4.78 is 0. The first-order chi connectivity index (χ1) is 8.08. The van der Waals surface area contributed by atoms with Crippen LogP contribution in [0.3, 0.4) is 0 Å². The number of carbonyl (C=O) groups excluding carboxylic acids is 1. The van der Waals surface area contributed by atoms with E-state index in [1.165, 1.54) is 0 Å². The molecular weight excluding hydrogens is 216 g/mol. The summed E-state index contributed by atoms with van der Waals surface area (Å²) in [6, 6.07) is 1.84. The van der Waals surface area contributed by atoms with Crippen molar-refractivity contribution in [3.8, 4) is 0 Å². The monoisotopic (exact) mass is 236 g/mol. The fourth-order valence-corrected chi connectivity index (χ4v) is 1.52. The lowest BCUT2D eigenvalue weighted by Gasteiger charge is -2.19. The fraction of sp³-hybridized carbons (Fsp3) is 0.500. The molecule has 0 saturated carbocycles. The molecular formula is C12H20N4O. The van der Waals surface area contributed by atoms with Crippen LogP contribution in [-0.4, -0.2) is 35.4 Å². The standard InChI is InChI=1S/C12H20N4O/c1-4-16(5-2)12(17)8-15-11-6-9(3)10(13)7-14-11/h6-7H,4-5,8,13H2,1-3H3,(H,14,15). The van der Waals surface area contributed by atoms with E-state index in [0.29, 0.717) is 11.5 Å². The van der Waals surface area contributed by atoms with Crippen LogP contribution in [0.25, 0.3) is 0 Å². The van der Waals surface area contributed by atoms with Crippen molar-refractivity contribution in [2.45, 2.75) is 20.8 Å². The highest BCUT2D eigenvalue weighted by atomic mass is 16.2. The van der Waals surface area contributed by atoms with Crippen molar-refractivity contribution in [2.75, 3.05) is 30.7 Å². The third kappa shape index (κ3) is 3.62. The molecule has 1 aromatic heterocycles. The Labute approximate surface area is 102 Å². The molecule has 1 aromatic rings. The van der Waals surface area contributed by atoms with Gasteiger partial charge in [-0.25, -0.2) is 4.98 Å². The number of nitrogen functional groups attached to an aromatic ring is 1. The molecule has 0 aliphatic rings. The second-order valence-corrected chi connectivity index (χ2v) is 3.85. The molecule has 17 heavy (non-hydrogen) atoms. The minimum Gasteiger partial charge on any atom is -0.397 e. The number of hydrogen-bond donors (Lipinski definition) is 2. The highest BCUT2D eigenvalue weighted by Gasteiger charge is 2.09. The summed E-state index contributed by atoms with van der Waals surface area (Å²) in [5.41, 5.74) is 7.28. The van der Waals surface area contributed by atoms with E-state index in [9.17, 15) is 4.79 Å². The van der Waals surface area contributed by atoms with Gasteiger partial charge in [-0.2, -0.15) is 0 Å². The van der Waals surface area contributed by atoms with E-state index in [4.69, 9.17) is 5.73 Å². The molecule has 0 radical (unpaired) electrons.